The number of benzene rings is 3. The number of halogens is 3. The van der Waals surface area contributed by atoms with Gasteiger partial charge in [-0.25, -0.2) is 14.4 Å². The van der Waals surface area contributed by atoms with Crippen LogP contribution in [0.2, 0.25) is 0 Å². The molecule has 1 amide bonds. The Morgan fingerprint density at radius 2 is 1.45 bits per heavy atom. The predicted molar refractivity (Wildman–Crippen MR) is 245 cm³/mol. The molecule has 16 nitrogen and oxygen atoms in total. The van der Waals surface area contributed by atoms with Crippen molar-refractivity contribution in [2.75, 3.05) is 13.2 Å². The van der Waals surface area contributed by atoms with E-state index in [1.807, 2.05) is 0 Å². The zero-order chi connectivity index (χ0) is 49.8. The lowest BCUT2D eigenvalue weighted by atomic mass is 9.48. The first kappa shape index (κ1) is 49.9. The van der Waals surface area contributed by atoms with Crippen molar-refractivity contribution in [3.8, 4) is 0 Å². The van der Waals surface area contributed by atoms with Crippen molar-refractivity contribution in [2.24, 2.45) is 22.7 Å². The number of alkyl halides is 3. The van der Waals surface area contributed by atoms with Crippen molar-refractivity contribution in [3.05, 3.63) is 119 Å². The van der Waals surface area contributed by atoms with Crippen LogP contribution in [0.3, 0.4) is 0 Å². The van der Waals surface area contributed by atoms with Crippen LogP contribution in [-0.4, -0.2) is 106 Å². The maximum absolute atomic E-state index is 15.7. The summed E-state index contributed by atoms with van der Waals surface area (Å²) in [5, 5.41) is 16.7. The summed E-state index contributed by atoms with van der Waals surface area (Å²) in [5.41, 5.74) is -6.32. The Morgan fingerprint density at radius 3 is 2.01 bits per heavy atom. The van der Waals surface area contributed by atoms with Crippen LogP contribution in [-0.2, 0) is 52.3 Å². The highest BCUT2D eigenvalue weighted by atomic mass is 35.6. The zero-order valence-electron chi connectivity index (χ0n) is 38.1. The number of fused-ring (bicyclic) bond motifs is 4. The van der Waals surface area contributed by atoms with Crippen LogP contribution in [0.1, 0.15) is 86.2 Å². The summed E-state index contributed by atoms with van der Waals surface area (Å²) < 4.78 is 39.7. The molecule has 8 rings (SSSR count). The van der Waals surface area contributed by atoms with E-state index >= 15 is 9.59 Å². The van der Waals surface area contributed by atoms with Crippen molar-refractivity contribution in [1.29, 1.82) is 0 Å². The smallest absolute Gasteiger partial charge is 0.455 e. The van der Waals surface area contributed by atoms with Gasteiger partial charge >= 0.3 is 30.0 Å². The highest BCUT2D eigenvalue weighted by Crippen LogP contribution is 2.74. The molecule has 1 aliphatic heterocycles. The predicted octanol–water partition coefficient (Wildman–Crippen LogP) is 6.91. The molecule has 69 heavy (non-hydrogen) atoms. The number of ether oxygens (including phenoxy) is 7. The van der Waals surface area contributed by atoms with Gasteiger partial charge in [0.15, 0.2) is 17.5 Å². The largest absolute Gasteiger partial charge is 0.509 e. The normalized spacial score (nSPS) is 30.4. The number of amides is 1. The second-order valence-electron chi connectivity index (χ2n) is 18.7. The maximum Gasteiger partial charge on any atom is 0.509 e. The average molecular weight is 1010 g/mol. The number of rotatable bonds is 12. The van der Waals surface area contributed by atoms with Gasteiger partial charge in [0.1, 0.15) is 36.6 Å². The SMILES string of the molecule is CC(=O)OC1C(=O)C23CC2CC2OC[C@@]2(OC(C)=O)C3[C@H](OC(=O)c2ccccc2)C2(O)C[C@H](OC(=O)[C@H](OC(=O)OCC(Cl)(Cl)Cl)C(NC(=O)c3ccccc3)c3ccccc3)C(C)=C1C2(C)C. The molecule has 1 saturated heterocycles. The van der Waals surface area contributed by atoms with Gasteiger partial charge in [-0.3, -0.25) is 19.2 Å². The lowest BCUT2D eigenvalue weighted by Crippen LogP contribution is -2.78. The van der Waals surface area contributed by atoms with Crippen molar-refractivity contribution in [1.82, 2.24) is 5.32 Å². The Hall–Kier alpha value is -5.52. The van der Waals surface area contributed by atoms with Crippen molar-refractivity contribution >= 4 is 76.5 Å². The lowest BCUT2D eigenvalue weighted by Gasteiger charge is -2.64. The second-order valence-corrected chi connectivity index (χ2v) is 21.3. The fourth-order valence-corrected chi connectivity index (χ4v) is 11.3. The maximum atomic E-state index is 15.7. The van der Waals surface area contributed by atoms with Crippen LogP contribution in [0.25, 0.3) is 0 Å². The summed E-state index contributed by atoms with van der Waals surface area (Å²) in [7, 11) is 0. The number of Topliss-reactive ketones (excluding diaryl/α,β-unsaturated/α-hetero) is 1. The number of aliphatic hydroxyl groups is 1. The van der Waals surface area contributed by atoms with Crippen molar-refractivity contribution < 1.29 is 71.8 Å². The Balaban J connectivity index is 1.28. The monoisotopic (exact) mass is 1010 g/mol. The molecule has 0 aromatic heterocycles. The minimum absolute atomic E-state index is 0.0542. The summed E-state index contributed by atoms with van der Waals surface area (Å²) in [5.74, 6) is -6.73. The van der Waals surface area contributed by atoms with E-state index < -0.39 is 129 Å². The summed E-state index contributed by atoms with van der Waals surface area (Å²) >= 11 is 17.6. The molecule has 1 spiro atoms. The van der Waals surface area contributed by atoms with Crippen LogP contribution in [0.4, 0.5) is 4.79 Å². The number of esters is 4. The topological polar surface area (TPSA) is 216 Å². The molecule has 3 aromatic carbocycles. The molecule has 5 aliphatic rings. The van der Waals surface area contributed by atoms with Gasteiger partial charge in [-0.15, -0.1) is 0 Å². The van der Waals surface area contributed by atoms with Crippen LogP contribution < -0.4 is 5.32 Å². The Morgan fingerprint density at radius 1 is 0.841 bits per heavy atom. The van der Waals surface area contributed by atoms with E-state index in [-0.39, 0.29) is 47.3 Å². The lowest BCUT2D eigenvalue weighted by molar-refractivity contribution is -0.323. The van der Waals surface area contributed by atoms with Crippen molar-refractivity contribution in [2.45, 2.75) is 105 Å². The molecule has 11 atom stereocenters. The molecule has 2 bridgehead atoms. The molecule has 4 aliphatic carbocycles. The zero-order valence-corrected chi connectivity index (χ0v) is 40.4. The second kappa shape index (κ2) is 18.7. The standard InChI is InChI=1S/C50H50Cl3NO15/c1-26-33(66-44(60)38(67-45(61)64-25-50(51,52)53)36(29-15-9-6-10-16-29)54-42(58)30-17-11-7-12-18-30)23-49(62)41(68-43(59)31-19-13-8-14-20-31)39-47(40(57)37(65-27(2)55)35(26)46(49,4)5)22-32(47)21-34-48(39,24-63-34)69-28(3)56/h6-20,32-34,36-39,41,62H,21-25H2,1-5H3,(H,54,58)/t32?,33-,34?,36?,37?,38+,39?,41-,47?,48-,49?/m0/s1. The van der Waals surface area contributed by atoms with Gasteiger partial charge in [-0.05, 0) is 66.7 Å². The number of hydrogen-bond donors (Lipinski definition) is 2. The van der Waals surface area contributed by atoms with Crippen LogP contribution in [0.5, 0.6) is 0 Å². The highest BCUT2D eigenvalue weighted by molar-refractivity contribution is 6.67. The Kier molecular flexibility index (Phi) is 13.5. The third-order valence-electron chi connectivity index (χ3n) is 14.4. The molecular formula is C50H50Cl3NO15. The fourth-order valence-electron chi connectivity index (χ4n) is 11.2. The average Bonchev–Trinajstić information content (AvgIpc) is 4.03. The molecule has 0 radical (unpaired) electrons. The van der Waals surface area contributed by atoms with Gasteiger partial charge in [0.2, 0.25) is 9.90 Å². The molecular weight excluding hydrogens is 961 g/mol. The molecule has 19 heteroatoms. The van der Waals surface area contributed by atoms with E-state index in [1.54, 1.807) is 87.5 Å². The first-order valence-electron chi connectivity index (χ1n) is 22.3. The van der Waals surface area contributed by atoms with E-state index in [9.17, 15) is 29.1 Å². The summed E-state index contributed by atoms with van der Waals surface area (Å²) in [6.45, 7) is 6.01. The van der Waals surface area contributed by atoms with Gasteiger partial charge < -0.3 is 43.6 Å². The van der Waals surface area contributed by atoms with E-state index in [4.69, 9.17) is 68.0 Å². The van der Waals surface area contributed by atoms with Gasteiger partial charge in [-0.2, -0.15) is 0 Å². The Bertz CT molecular complexity index is 2570. The van der Waals surface area contributed by atoms with E-state index in [1.165, 1.54) is 31.2 Å². The van der Waals surface area contributed by atoms with Crippen LogP contribution >= 0.6 is 34.8 Å². The molecule has 2 N–H and O–H groups in total. The molecule has 366 valence electrons. The van der Waals surface area contributed by atoms with Gasteiger partial charge in [0.25, 0.3) is 5.91 Å². The van der Waals surface area contributed by atoms with Crippen LogP contribution in [0, 0.1) is 22.7 Å². The minimum atomic E-state index is -2.36. The fraction of sp³-hybridized carbons (Fsp3) is 0.460. The number of ketones is 1. The summed E-state index contributed by atoms with van der Waals surface area (Å²) in [6.07, 6.45) is -9.38. The number of carbonyl (C=O) groups is 7. The third kappa shape index (κ3) is 9.10. The summed E-state index contributed by atoms with van der Waals surface area (Å²) in [6, 6.07) is 22.5. The van der Waals surface area contributed by atoms with Gasteiger partial charge in [0.05, 0.1) is 18.1 Å². The van der Waals surface area contributed by atoms with Gasteiger partial charge in [-0.1, -0.05) is 115 Å². The van der Waals surface area contributed by atoms with E-state index in [0.29, 0.717) is 0 Å². The van der Waals surface area contributed by atoms with Crippen molar-refractivity contribution in [3.63, 3.8) is 0 Å². The minimum Gasteiger partial charge on any atom is -0.455 e. The first-order valence-corrected chi connectivity index (χ1v) is 23.4. The molecule has 1 heterocycles. The highest BCUT2D eigenvalue weighted by Gasteiger charge is 2.84. The quantitative estimate of drug-likeness (QED) is 0.0816. The molecule has 3 saturated carbocycles. The van der Waals surface area contributed by atoms with Gasteiger partial charge in [0, 0.05) is 36.7 Å². The Labute approximate surface area is 412 Å². The first-order chi connectivity index (χ1) is 32.5. The molecule has 4 fully saturated rings. The number of carbonyl (C=O) groups excluding carboxylic acids is 7. The van der Waals surface area contributed by atoms with E-state index in [2.05, 4.69) is 5.32 Å². The molecule has 3 aromatic rings. The van der Waals surface area contributed by atoms with E-state index in [0.717, 1.165) is 6.92 Å². The van der Waals surface area contributed by atoms with Crippen LogP contribution in [0.15, 0.2) is 102 Å². The molecule has 7 unspecified atom stereocenters. The number of hydrogen-bond acceptors (Lipinski definition) is 15. The third-order valence-corrected chi connectivity index (χ3v) is 14.7. The summed E-state index contributed by atoms with van der Waals surface area (Å²) in [4.78, 5) is 98.7. The number of nitrogens with one attached hydrogen (secondary N) is 1.